The average molecular weight is 142 g/mol. The SMILES string of the molecule is CC[C@@]1(N(C)C)CCNC1. The molecule has 0 radical (unpaired) electrons. The van der Waals surface area contributed by atoms with Crippen LogP contribution in [0.1, 0.15) is 19.8 Å². The van der Waals surface area contributed by atoms with Crippen molar-refractivity contribution in [3.8, 4) is 0 Å². The molecule has 1 atom stereocenters. The van der Waals surface area contributed by atoms with E-state index >= 15 is 0 Å². The van der Waals surface area contributed by atoms with Gasteiger partial charge in [-0.15, -0.1) is 0 Å². The molecule has 1 saturated heterocycles. The van der Waals surface area contributed by atoms with Crippen LogP contribution < -0.4 is 5.32 Å². The van der Waals surface area contributed by atoms with Gasteiger partial charge in [-0.05, 0) is 33.5 Å². The third kappa shape index (κ3) is 1.18. The van der Waals surface area contributed by atoms with Crippen LogP contribution in [0.15, 0.2) is 0 Å². The Kier molecular flexibility index (Phi) is 2.32. The Morgan fingerprint density at radius 2 is 2.20 bits per heavy atom. The topological polar surface area (TPSA) is 15.3 Å². The van der Waals surface area contributed by atoms with Crippen molar-refractivity contribution in [3.63, 3.8) is 0 Å². The second kappa shape index (κ2) is 2.89. The molecule has 0 amide bonds. The molecule has 0 aliphatic carbocycles. The van der Waals surface area contributed by atoms with Crippen LogP contribution in [0.5, 0.6) is 0 Å². The summed E-state index contributed by atoms with van der Waals surface area (Å²) in [7, 11) is 4.35. The molecule has 1 N–H and O–H groups in total. The molecule has 0 aromatic carbocycles. The van der Waals surface area contributed by atoms with Gasteiger partial charge in [-0.1, -0.05) is 6.92 Å². The molecule has 10 heavy (non-hydrogen) atoms. The molecule has 0 aromatic rings. The summed E-state index contributed by atoms with van der Waals surface area (Å²) in [4.78, 5) is 2.35. The summed E-state index contributed by atoms with van der Waals surface area (Å²) in [6.45, 7) is 4.62. The van der Waals surface area contributed by atoms with Gasteiger partial charge < -0.3 is 10.2 Å². The second-order valence-electron chi connectivity index (χ2n) is 3.40. The quantitative estimate of drug-likeness (QED) is 0.610. The van der Waals surface area contributed by atoms with Gasteiger partial charge in [-0.2, -0.15) is 0 Å². The third-order valence-corrected chi connectivity index (χ3v) is 2.83. The summed E-state index contributed by atoms with van der Waals surface area (Å²) >= 11 is 0. The summed E-state index contributed by atoms with van der Waals surface area (Å²) in [6.07, 6.45) is 2.56. The maximum atomic E-state index is 3.40. The molecule has 1 rings (SSSR count). The number of hydrogen-bond acceptors (Lipinski definition) is 2. The average Bonchev–Trinajstić information content (AvgIpc) is 2.35. The Labute approximate surface area is 63.6 Å². The van der Waals surface area contributed by atoms with Crippen molar-refractivity contribution in [1.29, 1.82) is 0 Å². The highest BCUT2D eigenvalue weighted by Crippen LogP contribution is 2.23. The molecule has 0 bridgehead atoms. The summed E-state index contributed by atoms with van der Waals surface area (Å²) in [5.41, 5.74) is 0.458. The van der Waals surface area contributed by atoms with E-state index in [0.29, 0.717) is 5.54 Å². The predicted molar refractivity (Wildman–Crippen MR) is 44.2 cm³/mol. The van der Waals surface area contributed by atoms with Crippen LogP contribution in [-0.2, 0) is 0 Å². The molecule has 2 nitrogen and oxygen atoms in total. The molecule has 0 spiro atoms. The molecule has 0 saturated carbocycles. The minimum absolute atomic E-state index is 0.458. The first kappa shape index (κ1) is 8.02. The van der Waals surface area contributed by atoms with Gasteiger partial charge in [0.05, 0.1) is 0 Å². The lowest BCUT2D eigenvalue weighted by Gasteiger charge is -2.34. The van der Waals surface area contributed by atoms with Gasteiger partial charge in [0.15, 0.2) is 0 Å². The van der Waals surface area contributed by atoms with Crippen molar-refractivity contribution in [2.45, 2.75) is 25.3 Å². The van der Waals surface area contributed by atoms with Gasteiger partial charge >= 0.3 is 0 Å². The van der Waals surface area contributed by atoms with E-state index < -0.39 is 0 Å². The van der Waals surface area contributed by atoms with E-state index in [1.54, 1.807) is 0 Å². The Morgan fingerprint density at radius 3 is 2.40 bits per heavy atom. The Hall–Kier alpha value is -0.0800. The van der Waals surface area contributed by atoms with E-state index in [2.05, 4.69) is 31.2 Å². The molecule has 1 heterocycles. The minimum atomic E-state index is 0.458. The van der Waals surface area contributed by atoms with Crippen molar-refractivity contribution < 1.29 is 0 Å². The zero-order valence-corrected chi connectivity index (χ0v) is 7.28. The van der Waals surface area contributed by atoms with Crippen molar-refractivity contribution in [2.75, 3.05) is 27.2 Å². The van der Waals surface area contributed by atoms with Gasteiger partial charge in [0, 0.05) is 12.1 Å². The lowest BCUT2D eigenvalue weighted by Crippen LogP contribution is -2.45. The number of nitrogens with one attached hydrogen (secondary N) is 1. The molecular weight excluding hydrogens is 124 g/mol. The lowest BCUT2D eigenvalue weighted by molar-refractivity contribution is 0.167. The van der Waals surface area contributed by atoms with E-state index in [4.69, 9.17) is 0 Å². The number of likely N-dealkylation sites (N-methyl/N-ethyl adjacent to an activating group) is 1. The first-order valence-corrected chi connectivity index (χ1v) is 4.09. The highest BCUT2D eigenvalue weighted by Gasteiger charge is 2.33. The van der Waals surface area contributed by atoms with Crippen LogP contribution in [-0.4, -0.2) is 37.6 Å². The molecule has 1 fully saturated rings. The first-order valence-electron chi connectivity index (χ1n) is 4.09. The molecule has 1 aliphatic heterocycles. The van der Waals surface area contributed by atoms with E-state index in [1.807, 2.05) is 0 Å². The monoisotopic (exact) mass is 142 g/mol. The number of nitrogens with zero attached hydrogens (tertiary/aromatic N) is 1. The van der Waals surface area contributed by atoms with Crippen molar-refractivity contribution in [3.05, 3.63) is 0 Å². The lowest BCUT2D eigenvalue weighted by atomic mass is 9.94. The fraction of sp³-hybridized carbons (Fsp3) is 1.00. The van der Waals surface area contributed by atoms with Crippen LogP contribution in [0.25, 0.3) is 0 Å². The van der Waals surface area contributed by atoms with Gasteiger partial charge in [0.25, 0.3) is 0 Å². The largest absolute Gasteiger partial charge is 0.315 e. The number of hydrogen-bond donors (Lipinski definition) is 1. The number of rotatable bonds is 2. The third-order valence-electron chi connectivity index (χ3n) is 2.83. The summed E-state index contributed by atoms with van der Waals surface area (Å²) in [6, 6.07) is 0. The van der Waals surface area contributed by atoms with E-state index in [-0.39, 0.29) is 0 Å². The zero-order chi connectivity index (χ0) is 7.61. The van der Waals surface area contributed by atoms with Crippen molar-refractivity contribution in [1.82, 2.24) is 10.2 Å². The van der Waals surface area contributed by atoms with Gasteiger partial charge in [-0.3, -0.25) is 0 Å². The molecule has 60 valence electrons. The predicted octanol–water partition coefficient (Wildman–Crippen LogP) is 0.690. The smallest absolute Gasteiger partial charge is 0.0337 e. The standard InChI is InChI=1S/C8H18N2/c1-4-8(10(2)3)5-6-9-7-8/h9H,4-7H2,1-3H3/t8-/m1/s1. The van der Waals surface area contributed by atoms with Gasteiger partial charge in [0.2, 0.25) is 0 Å². The fourth-order valence-electron chi connectivity index (χ4n) is 1.73. The van der Waals surface area contributed by atoms with Crippen molar-refractivity contribution in [2.24, 2.45) is 0 Å². The summed E-state index contributed by atoms with van der Waals surface area (Å²) < 4.78 is 0. The molecule has 2 heteroatoms. The Balaban J connectivity index is 2.58. The summed E-state index contributed by atoms with van der Waals surface area (Å²) in [5.74, 6) is 0. The highest BCUT2D eigenvalue weighted by molar-refractivity contribution is 4.94. The Bertz CT molecular complexity index is 104. The minimum Gasteiger partial charge on any atom is -0.315 e. The molecule has 1 aliphatic rings. The summed E-state index contributed by atoms with van der Waals surface area (Å²) in [5, 5.41) is 3.40. The van der Waals surface area contributed by atoms with E-state index in [9.17, 15) is 0 Å². The van der Waals surface area contributed by atoms with Crippen LogP contribution in [0, 0.1) is 0 Å². The fourth-order valence-corrected chi connectivity index (χ4v) is 1.73. The maximum Gasteiger partial charge on any atom is 0.0337 e. The van der Waals surface area contributed by atoms with Crippen LogP contribution >= 0.6 is 0 Å². The van der Waals surface area contributed by atoms with Gasteiger partial charge in [-0.25, -0.2) is 0 Å². The zero-order valence-electron chi connectivity index (χ0n) is 7.28. The van der Waals surface area contributed by atoms with Crippen LogP contribution in [0.2, 0.25) is 0 Å². The molecular formula is C8H18N2. The Morgan fingerprint density at radius 1 is 1.50 bits per heavy atom. The first-order chi connectivity index (χ1) is 4.71. The highest BCUT2D eigenvalue weighted by atomic mass is 15.2. The molecule has 0 aromatic heterocycles. The van der Waals surface area contributed by atoms with E-state index in [1.165, 1.54) is 19.4 Å². The molecule has 0 unspecified atom stereocenters. The maximum absolute atomic E-state index is 3.40. The van der Waals surface area contributed by atoms with Crippen LogP contribution in [0.3, 0.4) is 0 Å². The second-order valence-corrected chi connectivity index (χ2v) is 3.40. The van der Waals surface area contributed by atoms with Gasteiger partial charge in [0.1, 0.15) is 0 Å². The van der Waals surface area contributed by atoms with E-state index in [0.717, 1.165) is 6.54 Å². The van der Waals surface area contributed by atoms with Crippen LogP contribution in [0.4, 0.5) is 0 Å². The normalized spacial score (nSPS) is 33.6. The van der Waals surface area contributed by atoms with Crippen molar-refractivity contribution >= 4 is 0 Å².